The van der Waals surface area contributed by atoms with Gasteiger partial charge in [0.25, 0.3) is 0 Å². The summed E-state index contributed by atoms with van der Waals surface area (Å²) in [5.41, 5.74) is 4.37. The molecule has 4 aromatic rings. The van der Waals surface area contributed by atoms with Crippen molar-refractivity contribution in [3.05, 3.63) is 65.7 Å². The summed E-state index contributed by atoms with van der Waals surface area (Å²) in [6.45, 7) is 4.13. The lowest BCUT2D eigenvalue weighted by Gasteiger charge is -2.06. The summed E-state index contributed by atoms with van der Waals surface area (Å²) < 4.78 is 3.96. The second-order valence-electron chi connectivity index (χ2n) is 6.41. The highest BCUT2D eigenvalue weighted by atomic mass is 32.2. The van der Waals surface area contributed by atoms with Gasteiger partial charge in [0.1, 0.15) is 10.7 Å². The molecular weight excluding hydrogens is 360 g/mol. The summed E-state index contributed by atoms with van der Waals surface area (Å²) in [7, 11) is 1.90. The quantitative estimate of drug-likeness (QED) is 0.575. The number of carboxylic acids is 1. The predicted molar refractivity (Wildman–Crippen MR) is 105 cm³/mol. The highest BCUT2D eigenvalue weighted by Crippen LogP contribution is 2.39. The molecule has 1 N–H and O–H groups in total. The van der Waals surface area contributed by atoms with Crippen LogP contribution in [0.5, 0.6) is 0 Å². The van der Waals surface area contributed by atoms with Crippen LogP contribution in [0.15, 0.2) is 58.7 Å². The van der Waals surface area contributed by atoms with Gasteiger partial charge in [-0.1, -0.05) is 30.0 Å². The van der Waals surface area contributed by atoms with Crippen molar-refractivity contribution in [3.63, 3.8) is 0 Å². The van der Waals surface area contributed by atoms with Crippen LogP contribution >= 0.6 is 11.8 Å². The molecule has 136 valence electrons. The summed E-state index contributed by atoms with van der Waals surface area (Å²) >= 11 is 1.48. The van der Waals surface area contributed by atoms with E-state index < -0.39 is 5.97 Å². The first-order chi connectivity index (χ1) is 12.9. The van der Waals surface area contributed by atoms with Crippen molar-refractivity contribution in [3.8, 4) is 5.69 Å². The van der Waals surface area contributed by atoms with Gasteiger partial charge in [-0.25, -0.2) is 9.78 Å². The van der Waals surface area contributed by atoms with Crippen LogP contribution in [0, 0.1) is 13.8 Å². The second-order valence-corrected chi connectivity index (χ2v) is 7.44. The lowest BCUT2D eigenvalue weighted by atomic mass is 10.2. The zero-order valence-electron chi connectivity index (χ0n) is 15.2. The minimum Gasteiger partial charge on any atom is -0.477 e. The minimum absolute atomic E-state index is 0.0458. The maximum Gasteiger partial charge on any atom is 0.354 e. The van der Waals surface area contributed by atoms with Gasteiger partial charge in [0.05, 0.1) is 17.4 Å². The van der Waals surface area contributed by atoms with Crippen molar-refractivity contribution in [1.82, 2.24) is 19.3 Å². The standard InChI is InChI=1S/C20H18N4O2S/c1-12-7-8-15-17(9-12)24(14-10-21-23(3)11-14)13(2)19(15)27-18-6-4-5-16(22-18)20(25)26/h4-11H,1-3H3,(H,25,26). The van der Waals surface area contributed by atoms with Crippen LogP contribution in [-0.2, 0) is 7.05 Å². The molecule has 0 radical (unpaired) electrons. The predicted octanol–water partition coefficient (Wildman–Crippen LogP) is 4.23. The van der Waals surface area contributed by atoms with Crippen molar-refractivity contribution in [2.24, 2.45) is 7.05 Å². The molecule has 0 bridgehead atoms. The molecule has 7 heteroatoms. The second kappa shape index (κ2) is 6.59. The molecule has 0 saturated heterocycles. The fraction of sp³-hybridized carbons (Fsp3) is 0.150. The highest BCUT2D eigenvalue weighted by Gasteiger charge is 2.18. The Hall–Kier alpha value is -3.06. The van der Waals surface area contributed by atoms with Crippen molar-refractivity contribution in [2.45, 2.75) is 23.8 Å². The van der Waals surface area contributed by atoms with Crippen molar-refractivity contribution >= 4 is 28.6 Å². The Morgan fingerprint density at radius 1 is 1.19 bits per heavy atom. The first-order valence-electron chi connectivity index (χ1n) is 8.43. The molecule has 0 fully saturated rings. The smallest absolute Gasteiger partial charge is 0.354 e. The maximum atomic E-state index is 11.2. The lowest BCUT2D eigenvalue weighted by Crippen LogP contribution is -2.00. The molecule has 3 aromatic heterocycles. The fourth-order valence-corrected chi connectivity index (χ4v) is 4.20. The molecule has 3 heterocycles. The number of hydrogen-bond donors (Lipinski definition) is 1. The molecule has 0 aliphatic carbocycles. The number of fused-ring (bicyclic) bond motifs is 1. The molecule has 6 nitrogen and oxygen atoms in total. The van der Waals surface area contributed by atoms with Crippen molar-refractivity contribution in [1.29, 1.82) is 0 Å². The van der Waals surface area contributed by atoms with E-state index in [-0.39, 0.29) is 5.69 Å². The third kappa shape index (κ3) is 3.10. The van der Waals surface area contributed by atoms with Crippen LogP contribution in [0.25, 0.3) is 16.6 Å². The van der Waals surface area contributed by atoms with E-state index in [1.54, 1.807) is 10.7 Å². The summed E-state index contributed by atoms with van der Waals surface area (Å²) in [6, 6.07) is 11.4. The average molecular weight is 378 g/mol. The van der Waals surface area contributed by atoms with Crippen LogP contribution in [0.1, 0.15) is 21.7 Å². The number of aromatic nitrogens is 4. The molecule has 27 heavy (non-hydrogen) atoms. The number of aromatic carboxylic acids is 1. The van der Waals surface area contributed by atoms with Gasteiger partial charge >= 0.3 is 5.97 Å². The fourth-order valence-electron chi connectivity index (χ4n) is 3.18. The van der Waals surface area contributed by atoms with Crippen molar-refractivity contribution < 1.29 is 9.90 Å². The molecule has 0 unspecified atom stereocenters. The Labute approximate surface area is 160 Å². The number of nitrogens with zero attached hydrogens (tertiary/aromatic N) is 4. The number of aryl methyl sites for hydroxylation is 2. The summed E-state index contributed by atoms with van der Waals surface area (Å²) in [5.74, 6) is -1.03. The SMILES string of the molecule is Cc1ccc2c(Sc3cccc(C(=O)O)n3)c(C)n(-c3cnn(C)c3)c2c1. The molecule has 0 amide bonds. The monoisotopic (exact) mass is 378 g/mol. The molecular formula is C20H18N4O2S. The molecule has 0 aliphatic heterocycles. The molecule has 0 spiro atoms. The average Bonchev–Trinajstić information content (AvgIpc) is 3.16. The van der Waals surface area contributed by atoms with Gasteiger partial charge in [0.2, 0.25) is 0 Å². The largest absolute Gasteiger partial charge is 0.477 e. The molecule has 0 saturated carbocycles. The van der Waals surface area contributed by atoms with E-state index in [4.69, 9.17) is 0 Å². The van der Waals surface area contributed by atoms with E-state index >= 15 is 0 Å². The van der Waals surface area contributed by atoms with Crippen LogP contribution in [0.2, 0.25) is 0 Å². The van der Waals surface area contributed by atoms with Gasteiger partial charge < -0.3 is 9.67 Å². The first-order valence-corrected chi connectivity index (χ1v) is 9.24. The Kier molecular flexibility index (Phi) is 4.24. The van der Waals surface area contributed by atoms with E-state index in [0.29, 0.717) is 5.03 Å². The van der Waals surface area contributed by atoms with Crippen LogP contribution < -0.4 is 0 Å². The van der Waals surface area contributed by atoms with Gasteiger partial charge in [-0.15, -0.1) is 0 Å². The maximum absolute atomic E-state index is 11.2. The van der Waals surface area contributed by atoms with Gasteiger partial charge in [0.15, 0.2) is 0 Å². The zero-order valence-corrected chi connectivity index (χ0v) is 16.0. The van der Waals surface area contributed by atoms with E-state index in [2.05, 4.69) is 46.7 Å². The molecule has 1 aromatic carbocycles. The first kappa shape index (κ1) is 17.4. The normalized spacial score (nSPS) is 11.2. The molecule has 0 atom stereocenters. The van der Waals surface area contributed by atoms with E-state index in [1.165, 1.54) is 23.4 Å². The number of benzene rings is 1. The third-order valence-corrected chi connectivity index (χ3v) is 5.56. The van der Waals surface area contributed by atoms with E-state index in [1.807, 2.05) is 25.5 Å². The summed E-state index contributed by atoms with van der Waals surface area (Å²) in [6.07, 6.45) is 3.82. The lowest BCUT2D eigenvalue weighted by molar-refractivity contribution is 0.0689. The number of carboxylic acid groups (broad SMARTS) is 1. The number of rotatable bonds is 4. The Morgan fingerprint density at radius 3 is 2.70 bits per heavy atom. The summed E-state index contributed by atoms with van der Waals surface area (Å²) in [5, 5.41) is 15.3. The van der Waals surface area contributed by atoms with Crippen molar-refractivity contribution in [2.75, 3.05) is 0 Å². The number of carbonyl (C=O) groups is 1. The van der Waals surface area contributed by atoms with Gasteiger partial charge in [-0.3, -0.25) is 4.68 Å². The van der Waals surface area contributed by atoms with Gasteiger partial charge in [-0.2, -0.15) is 5.10 Å². The Bertz CT molecular complexity index is 1180. The Balaban J connectivity index is 1.90. The molecule has 4 rings (SSSR count). The zero-order chi connectivity index (χ0) is 19.1. The highest BCUT2D eigenvalue weighted by molar-refractivity contribution is 7.99. The van der Waals surface area contributed by atoms with Crippen LogP contribution in [0.3, 0.4) is 0 Å². The third-order valence-electron chi connectivity index (χ3n) is 4.40. The summed E-state index contributed by atoms with van der Waals surface area (Å²) in [4.78, 5) is 16.5. The van der Waals surface area contributed by atoms with Crippen LogP contribution in [0.4, 0.5) is 0 Å². The molecule has 0 aliphatic rings. The minimum atomic E-state index is -1.03. The topological polar surface area (TPSA) is 72.9 Å². The van der Waals surface area contributed by atoms with Crippen LogP contribution in [-0.4, -0.2) is 30.4 Å². The Morgan fingerprint density at radius 2 is 2.00 bits per heavy atom. The van der Waals surface area contributed by atoms with E-state index in [9.17, 15) is 9.90 Å². The number of pyridine rings is 1. The number of hydrogen-bond acceptors (Lipinski definition) is 4. The van der Waals surface area contributed by atoms with Gasteiger partial charge in [0, 0.05) is 29.2 Å². The van der Waals surface area contributed by atoms with E-state index in [0.717, 1.165) is 27.2 Å². The van der Waals surface area contributed by atoms with Gasteiger partial charge in [-0.05, 0) is 37.6 Å².